The molecule has 2 fully saturated rings. The van der Waals surface area contributed by atoms with Gasteiger partial charge in [0.2, 0.25) is 0 Å². The van der Waals surface area contributed by atoms with Crippen LogP contribution < -0.4 is 0 Å². The smallest absolute Gasteiger partial charge is 0.0794 e. The highest BCUT2D eigenvalue weighted by molar-refractivity contribution is 7.80. The third-order valence-electron chi connectivity index (χ3n) is 4.14. The molecule has 5 heteroatoms. The van der Waals surface area contributed by atoms with E-state index in [0.29, 0.717) is 5.92 Å². The summed E-state index contributed by atoms with van der Waals surface area (Å²) in [4.78, 5) is 7.04. The summed E-state index contributed by atoms with van der Waals surface area (Å²) in [6, 6.07) is 4.28. The van der Waals surface area contributed by atoms with Crippen LogP contribution in [-0.4, -0.2) is 47.4 Å². The first-order chi connectivity index (χ1) is 9.63. The molecule has 110 valence electrons. The molecule has 4 nitrogen and oxygen atoms in total. The van der Waals surface area contributed by atoms with Gasteiger partial charge >= 0.3 is 0 Å². The highest BCUT2D eigenvalue weighted by Crippen LogP contribution is 2.30. The molecule has 2 atom stereocenters. The minimum atomic E-state index is -0.166. The summed E-state index contributed by atoms with van der Waals surface area (Å²) in [6.07, 6.45) is 0.910. The average molecular weight is 294 g/mol. The summed E-state index contributed by atoms with van der Waals surface area (Å²) < 4.78 is 5.51. The second-order valence-electron chi connectivity index (χ2n) is 5.86. The van der Waals surface area contributed by atoms with E-state index in [4.69, 9.17) is 9.72 Å². The van der Waals surface area contributed by atoms with Crippen molar-refractivity contribution in [3.8, 4) is 0 Å². The van der Waals surface area contributed by atoms with Gasteiger partial charge in [-0.2, -0.15) is 12.6 Å². The van der Waals surface area contributed by atoms with Crippen molar-refractivity contribution in [3.05, 3.63) is 29.1 Å². The highest BCUT2D eigenvalue weighted by atomic mass is 32.1. The molecule has 0 radical (unpaired) electrons. The molecule has 1 aromatic rings. The van der Waals surface area contributed by atoms with E-state index in [1.54, 1.807) is 0 Å². The zero-order valence-electron chi connectivity index (χ0n) is 11.8. The van der Waals surface area contributed by atoms with Crippen LogP contribution in [0, 0.1) is 0 Å². The van der Waals surface area contributed by atoms with Gasteiger partial charge in [0.05, 0.1) is 24.1 Å². The molecular weight excluding hydrogens is 272 g/mol. The molecule has 1 N–H and O–H groups in total. The Morgan fingerprint density at radius 2 is 2.30 bits per heavy atom. The second kappa shape index (κ2) is 6.02. The molecule has 2 aliphatic heterocycles. The lowest BCUT2D eigenvalue weighted by Gasteiger charge is -2.36. The Kier molecular flexibility index (Phi) is 4.31. The fourth-order valence-electron chi connectivity index (χ4n) is 2.92. The summed E-state index contributed by atoms with van der Waals surface area (Å²) in [7, 11) is 0. The Labute approximate surface area is 125 Å². The first-order valence-electron chi connectivity index (χ1n) is 7.29. The van der Waals surface area contributed by atoms with Crippen molar-refractivity contribution in [1.82, 2.24) is 9.88 Å². The number of thiol groups is 1. The lowest BCUT2D eigenvalue weighted by atomic mass is 9.95. The molecular formula is C15H22N2O2S. The van der Waals surface area contributed by atoms with Gasteiger partial charge in [-0.15, -0.1) is 0 Å². The van der Waals surface area contributed by atoms with E-state index < -0.39 is 0 Å². The summed E-state index contributed by atoms with van der Waals surface area (Å²) in [5, 5.41) is 9.57. The summed E-state index contributed by atoms with van der Waals surface area (Å²) in [5.74, 6) is 0.466. The molecule has 2 saturated heterocycles. The van der Waals surface area contributed by atoms with Gasteiger partial charge in [-0.3, -0.25) is 9.88 Å². The minimum Gasteiger partial charge on any atom is -0.390 e. The Morgan fingerprint density at radius 1 is 1.50 bits per heavy atom. The quantitative estimate of drug-likeness (QED) is 0.831. The summed E-state index contributed by atoms with van der Waals surface area (Å²) in [6.45, 7) is 6.01. The minimum absolute atomic E-state index is 0.143. The van der Waals surface area contributed by atoms with Crippen molar-refractivity contribution >= 4 is 12.6 Å². The monoisotopic (exact) mass is 294 g/mol. The van der Waals surface area contributed by atoms with Crippen LogP contribution in [0.3, 0.4) is 0 Å². The maximum absolute atomic E-state index is 9.43. The predicted octanol–water partition coefficient (Wildman–Crippen LogP) is 1.75. The van der Waals surface area contributed by atoms with Crippen LogP contribution in [0.25, 0.3) is 0 Å². The highest BCUT2D eigenvalue weighted by Gasteiger charge is 2.28. The van der Waals surface area contributed by atoms with Crippen LogP contribution in [0.2, 0.25) is 0 Å². The predicted molar refractivity (Wildman–Crippen MR) is 81.1 cm³/mol. The largest absolute Gasteiger partial charge is 0.390 e. The average Bonchev–Trinajstić information content (AvgIpc) is 2.90. The van der Waals surface area contributed by atoms with Gasteiger partial charge in [-0.25, -0.2) is 0 Å². The molecule has 3 heterocycles. The van der Waals surface area contributed by atoms with E-state index in [-0.39, 0.29) is 11.4 Å². The van der Waals surface area contributed by atoms with Gasteiger partial charge in [-0.1, -0.05) is 6.07 Å². The molecule has 0 aromatic carbocycles. The normalized spacial score (nSPS) is 25.6. The number of hydrogen-bond donors (Lipinski definition) is 2. The van der Waals surface area contributed by atoms with Crippen molar-refractivity contribution in [2.45, 2.75) is 37.2 Å². The Morgan fingerprint density at radius 3 is 2.90 bits per heavy atom. The van der Waals surface area contributed by atoms with Crippen molar-refractivity contribution < 1.29 is 9.84 Å². The van der Waals surface area contributed by atoms with E-state index in [2.05, 4.69) is 29.7 Å². The number of pyridine rings is 1. The second-order valence-corrected chi connectivity index (χ2v) is 6.63. The van der Waals surface area contributed by atoms with Gasteiger partial charge in [-0.05, 0) is 25.0 Å². The number of rotatable bonds is 4. The van der Waals surface area contributed by atoms with E-state index in [9.17, 15) is 5.11 Å². The van der Waals surface area contributed by atoms with Crippen LogP contribution in [-0.2, 0) is 11.3 Å². The molecule has 2 aliphatic rings. The topological polar surface area (TPSA) is 45.6 Å². The molecule has 20 heavy (non-hydrogen) atoms. The third kappa shape index (κ3) is 3.01. The fraction of sp³-hybridized carbons (Fsp3) is 0.667. The molecule has 1 aromatic heterocycles. The number of β-amino-alcohol motifs (C(OH)–C–C–N with tert-alkyl or cyclic N) is 1. The summed E-state index contributed by atoms with van der Waals surface area (Å²) >= 11 is 4.48. The van der Waals surface area contributed by atoms with Crippen LogP contribution in [0.5, 0.6) is 0 Å². The number of nitrogens with zero attached hydrogens (tertiary/aromatic N) is 2. The zero-order valence-corrected chi connectivity index (χ0v) is 12.7. The SMILES string of the molecule is CC(S)c1ccc(C2CCOC2)c(CN2CC(O)C2)n1. The molecule has 0 amide bonds. The van der Waals surface area contributed by atoms with Crippen LogP contribution in [0.4, 0.5) is 0 Å². The maximum Gasteiger partial charge on any atom is 0.0794 e. The van der Waals surface area contributed by atoms with Gasteiger partial charge in [0.25, 0.3) is 0 Å². The van der Waals surface area contributed by atoms with Crippen molar-refractivity contribution in [2.24, 2.45) is 0 Å². The number of aliphatic hydroxyl groups excluding tert-OH is 1. The first-order valence-corrected chi connectivity index (χ1v) is 7.81. The Bertz CT molecular complexity index is 469. The van der Waals surface area contributed by atoms with Crippen LogP contribution in [0.1, 0.15) is 41.5 Å². The van der Waals surface area contributed by atoms with Gasteiger partial charge in [0.1, 0.15) is 0 Å². The van der Waals surface area contributed by atoms with Crippen molar-refractivity contribution in [2.75, 3.05) is 26.3 Å². The van der Waals surface area contributed by atoms with Gasteiger partial charge in [0, 0.05) is 37.4 Å². The Balaban J connectivity index is 1.83. The third-order valence-corrected chi connectivity index (χ3v) is 4.40. The van der Waals surface area contributed by atoms with E-state index in [1.807, 2.05) is 6.92 Å². The molecule has 0 aliphatic carbocycles. The number of hydrogen-bond acceptors (Lipinski definition) is 5. The first kappa shape index (κ1) is 14.3. The lowest BCUT2D eigenvalue weighted by Crippen LogP contribution is -2.50. The maximum atomic E-state index is 9.43. The zero-order chi connectivity index (χ0) is 14.1. The Hall–Kier alpha value is -0.620. The van der Waals surface area contributed by atoms with E-state index in [0.717, 1.165) is 50.7 Å². The number of ether oxygens (including phenoxy) is 1. The number of aromatic nitrogens is 1. The molecule has 0 spiro atoms. The van der Waals surface area contributed by atoms with Crippen molar-refractivity contribution in [3.63, 3.8) is 0 Å². The lowest BCUT2D eigenvalue weighted by molar-refractivity contribution is -0.00378. The molecule has 0 saturated carbocycles. The standard InChI is InChI=1S/C15H22N2O2S/c1-10(20)14-3-2-13(11-4-5-19-9-11)15(16-14)8-17-6-12(18)7-17/h2-3,10-12,18,20H,4-9H2,1H3. The number of aliphatic hydroxyl groups is 1. The molecule has 2 unspecified atom stereocenters. The van der Waals surface area contributed by atoms with Gasteiger partial charge < -0.3 is 9.84 Å². The van der Waals surface area contributed by atoms with Gasteiger partial charge in [0.15, 0.2) is 0 Å². The van der Waals surface area contributed by atoms with Crippen molar-refractivity contribution in [1.29, 1.82) is 0 Å². The van der Waals surface area contributed by atoms with E-state index in [1.165, 1.54) is 5.56 Å². The number of likely N-dealkylation sites (tertiary alicyclic amines) is 1. The van der Waals surface area contributed by atoms with E-state index >= 15 is 0 Å². The molecule has 0 bridgehead atoms. The molecule has 3 rings (SSSR count). The summed E-state index contributed by atoms with van der Waals surface area (Å²) in [5.41, 5.74) is 3.46. The fourth-order valence-corrected chi connectivity index (χ4v) is 3.07. The van der Waals surface area contributed by atoms with Crippen LogP contribution in [0.15, 0.2) is 12.1 Å². The van der Waals surface area contributed by atoms with Crippen LogP contribution >= 0.6 is 12.6 Å².